The number of esters is 1. The minimum Gasteiger partial charge on any atom is -0.468 e. The minimum atomic E-state index is -0.420. The Hall–Kier alpha value is -0.650. The fourth-order valence-electron chi connectivity index (χ4n) is 1.92. The fraction of sp³-hybridized carbons (Fsp3) is 0.900. The third kappa shape index (κ3) is 3.44. The molecule has 1 N–H and O–H groups in total. The Labute approximate surface area is 90.0 Å². The summed E-state index contributed by atoms with van der Waals surface area (Å²) in [7, 11) is 3.02. The van der Waals surface area contributed by atoms with Crippen molar-refractivity contribution in [1.29, 1.82) is 0 Å². The summed E-state index contributed by atoms with van der Waals surface area (Å²) in [6.07, 6.45) is 0.910. The first-order valence-electron chi connectivity index (χ1n) is 5.18. The van der Waals surface area contributed by atoms with Gasteiger partial charge in [-0.15, -0.1) is 0 Å². The number of methoxy groups -OCH3 is 2. The molecule has 0 radical (unpaired) electrons. The Balaban J connectivity index is 2.42. The second kappa shape index (κ2) is 6.05. The van der Waals surface area contributed by atoms with Gasteiger partial charge < -0.3 is 14.6 Å². The molecule has 0 spiro atoms. The van der Waals surface area contributed by atoms with E-state index in [1.54, 1.807) is 7.11 Å². The Kier molecular flexibility index (Phi) is 5.01. The average molecular weight is 217 g/mol. The van der Waals surface area contributed by atoms with E-state index in [4.69, 9.17) is 9.47 Å². The number of rotatable bonds is 5. The molecule has 0 aromatic heterocycles. The molecule has 0 unspecified atom stereocenters. The predicted octanol–water partition coefficient (Wildman–Crippen LogP) is -0.369. The number of aliphatic hydroxyl groups is 1. The van der Waals surface area contributed by atoms with Gasteiger partial charge in [-0.1, -0.05) is 0 Å². The number of carbonyl (C=O) groups is 1. The summed E-state index contributed by atoms with van der Waals surface area (Å²) in [6, 6.07) is -0.290. The number of ether oxygens (including phenoxy) is 2. The molecule has 5 heteroatoms. The van der Waals surface area contributed by atoms with Gasteiger partial charge in [0.05, 0.1) is 13.2 Å². The first kappa shape index (κ1) is 12.4. The Morgan fingerprint density at radius 2 is 2.27 bits per heavy atom. The average Bonchev–Trinajstić information content (AvgIpc) is 2.59. The molecular formula is C10H19NO4. The zero-order chi connectivity index (χ0) is 11.3. The van der Waals surface area contributed by atoms with Gasteiger partial charge in [0.25, 0.3) is 0 Å². The number of hydrogen-bond acceptors (Lipinski definition) is 5. The van der Waals surface area contributed by atoms with E-state index in [-0.39, 0.29) is 12.0 Å². The van der Waals surface area contributed by atoms with Gasteiger partial charge in [0.15, 0.2) is 0 Å². The van der Waals surface area contributed by atoms with Crippen molar-refractivity contribution in [2.75, 3.05) is 33.9 Å². The zero-order valence-electron chi connectivity index (χ0n) is 9.31. The maximum Gasteiger partial charge on any atom is 0.323 e. The summed E-state index contributed by atoms with van der Waals surface area (Å²) < 4.78 is 9.64. The number of likely N-dealkylation sites (tertiary alicyclic amines) is 1. The summed E-state index contributed by atoms with van der Waals surface area (Å²) >= 11 is 0. The van der Waals surface area contributed by atoms with Crippen molar-refractivity contribution >= 4 is 5.97 Å². The molecule has 1 aliphatic heterocycles. The molecule has 0 aromatic carbocycles. The van der Waals surface area contributed by atoms with E-state index < -0.39 is 6.10 Å². The van der Waals surface area contributed by atoms with E-state index in [2.05, 4.69) is 0 Å². The number of carbonyl (C=O) groups excluding carboxylic acids is 1. The van der Waals surface area contributed by atoms with Crippen LogP contribution < -0.4 is 0 Å². The third-order valence-electron chi connectivity index (χ3n) is 2.65. The van der Waals surface area contributed by atoms with Gasteiger partial charge in [0, 0.05) is 33.2 Å². The molecule has 88 valence electrons. The van der Waals surface area contributed by atoms with Crippen LogP contribution in [0.25, 0.3) is 0 Å². The smallest absolute Gasteiger partial charge is 0.323 e. The van der Waals surface area contributed by atoms with Crippen LogP contribution in [0.4, 0.5) is 0 Å². The molecule has 5 nitrogen and oxygen atoms in total. The molecular weight excluding hydrogens is 198 g/mol. The molecule has 1 saturated heterocycles. The van der Waals surface area contributed by atoms with Crippen LogP contribution in [-0.2, 0) is 14.3 Å². The molecule has 15 heavy (non-hydrogen) atoms. The van der Waals surface area contributed by atoms with Crippen LogP contribution >= 0.6 is 0 Å². The Bertz CT molecular complexity index is 210. The molecule has 0 aliphatic carbocycles. The largest absolute Gasteiger partial charge is 0.468 e. The second-order valence-corrected chi connectivity index (χ2v) is 3.77. The molecule has 0 bridgehead atoms. The van der Waals surface area contributed by atoms with Crippen molar-refractivity contribution < 1.29 is 19.4 Å². The normalized spacial score (nSPS) is 26.9. The first-order valence-corrected chi connectivity index (χ1v) is 5.18. The summed E-state index contributed by atoms with van der Waals surface area (Å²) in [6.45, 7) is 1.97. The van der Waals surface area contributed by atoms with Crippen LogP contribution in [0.1, 0.15) is 12.8 Å². The van der Waals surface area contributed by atoms with E-state index in [9.17, 15) is 9.90 Å². The van der Waals surface area contributed by atoms with Crippen molar-refractivity contribution in [3.63, 3.8) is 0 Å². The van der Waals surface area contributed by atoms with E-state index >= 15 is 0 Å². The van der Waals surface area contributed by atoms with Gasteiger partial charge in [0.2, 0.25) is 0 Å². The SMILES string of the molecule is COCCCN1C[C@H](O)C[C@H]1C(=O)OC. The lowest BCUT2D eigenvalue weighted by Crippen LogP contribution is -2.37. The molecule has 0 saturated carbocycles. The molecule has 1 aliphatic rings. The minimum absolute atomic E-state index is 0.260. The predicted molar refractivity (Wildman–Crippen MR) is 54.5 cm³/mol. The van der Waals surface area contributed by atoms with Crippen molar-refractivity contribution in [2.45, 2.75) is 25.0 Å². The van der Waals surface area contributed by atoms with Gasteiger partial charge in [-0.3, -0.25) is 9.69 Å². The summed E-state index contributed by atoms with van der Waals surface area (Å²) in [5, 5.41) is 9.49. The molecule has 1 heterocycles. The van der Waals surface area contributed by atoms with Gasteiger partial charge in [-0.05, 0) is 6.42 Å². The highest BCUT2D eigenvalue weighted by Gasteiger charge is 2.36. The first-order chi connectivity index (χ1) is 7.19. The molecule has 1 fully saturated rings. The summed E-state index contributed by atoms with van der Waals surface area (Å²) in [5.41, 5.74) is 0. The summed E-state index contributed by atoms with van der Waals surface area (Å²) in [4.78, 5) is 13.4. The quantitative estimate of drug-likeness (QED) is 0.503. The molecule has 0 aromatic rings. The summed E-state index contributed by atoms with van der Waals surface area (Å²) in [5.74, 6) is -0.260. The van der Waals surface area contributed by atoms with Crippen molar-refractivity contribution in [2.24, 2.45) is 0 Å². The van der Waals surface area contributed by atoms with E-state index in [0.717, 1.165) is 13.0 Å². The molecule has 0 amide bonds. The lowest BCUT2D eigenvalue weighted by Gasteiger charge is -2.21. The standard InChI is InChI=1S/C10H19NO4/c1-14-5-3-4-11-7-8(12)6-9(11)10(13)15-2/h8-9,12H,3-7H2,1-2H3/t8-,9+/m1/s1. The number of aliphatic hydroxyl groups excluding tert-OH is 1. The van der Waals surface area contributed by atoms with Crippen LogP contribution in [0.5, 0.6) is 0 Å². The van der Waals surface area contributed by atoms with Crippen molar-refractivity contribution in [3.8, 4) is 0 Å². The Morgan fingerprint density at radius 3 is 2.87 bits per heavy atom. The van der Waals surface area contributed by atoms with Crippen LogP contribution in [0.2, 0.25) is 0 Å². The number of nitrogens with zero attached hydrogens (tertiary/aromatic N) is 1. The number of hydrogen-bond donors (Lipinski definition) is 1. The Morgan fingerprint density at radius 1 is 1.53 bits per heavy atom. The zero-order valence-corrected chi connectivity index (χ0v) is 9.31. The van der Waals surface area contributed by atoms with Crippen molar-refractivity contribution in [1.82, 2.24) is 4.90 Å². The van der Waals surface area contributed by atoms with Gasteiger partial charge in [-0.2, -0.15) is 0 Å². The van der Waals surface area contributed by atoms with Gasteiger partial charge in [-0.25, -0.2) is 0 Å². The number of β-amino-alcohol motifs (C(OH)–C–C–N with tert-alkyl or cyclic N) is 1. The highest BCUT2D eigenvalue weighted by molar-refractivity contribution is 5.76. The monoisotopic (exact) mass is 217 g/mol. The van der Waals surface area contributed by atoms with Crippen LogP contribution in [0.3, 0.4) is 0 Å². The lowest BCUT2D eigenvalue weighted by atomic mass is 10.2. The molecule has 2 atom stereocenters. The van der Waals surface area contributed by atoms with E-state index in [1.165, 1.54) is 7.11 Å². The maximum atomic E-state index is 11.4. The van der Waals surface area contributed by atoms with Crippen LogP contribution in [-0.4, -0.2) is 62.0 Å². The topological polar surface area (TPSA) is 59.0 Å². The highest BCUT2D eigenvalue weighted by atomic mass is 16.5. The molecule has 1 rings (SSSR count). The second-order valence-electron chi connectivity index (χ2n) is 3.77. The van der Waals surface area contributed by atoms with Crippen LogP contribution in [0, 0.1) is 0 Å². The van der Waals surface area contributed by atoms with Gasteiger partial charge in [0.1, 0.15) is 6.04 Å². The maximum absolute atomic E-state index is 11.4. The third-order valence-corrected chi connectivity index (χ3v) is 2.65. The van der Waals surface area contributed by atoms with Crippen molar-refractivity contribution in [3.05, 3.63) is 0 Å². The van der Waals surface area contributed by atoms with E-state index in [1.807, 2.05) is 4.90 Å². The van der Waals surface area contributed by atoms with Gasteiger partial charge >= 0.3 is 5.97 Å². The fourth-order valence-corrected chi connectivity index (χ4v) is 1.92. The van der Waals surface area contributed by atoms with Crippen LogP contribution in [0.15, 0.2) is 0 Å². The lowest BCUT2D eigenvalue weighted by molar-refractivity contribution is -0.145. The van der Waals surface area contributed by atoms with E-state index in [0.29, 0.717) is 19.6 Å². The highest BCUT2D eigenvalue weighted by Crippen LogP contribution is 2.19.